The summed E-state index contributed by atoms with van der Waals surface area (Å²) in [5.41, 5.74) is 2.27. The molecule has 2 aromatic rings. The molecule has 0 radical (unpaired) electrons. The number of rotatable bonds is 5. The Morgan fingerprint density at radius 3 is 2.82 bits per heavy atom. The fraction of sp³-hybridized carbons (Fsp3) is 0.308. The molecule has 1 aromatic carbocycles. The Labute approximate surface area is 110 Å². The van der Waals surface area contributed by atoms with E-state index in [1.165, 1.54) is 5.56 Å². The number of aromatic nitrogens is 1. The highest BCUT2D eigenvalue weighted by Crippen LogP contribution is 2.26. The van der Waals surface area contributed by atoms with Crippen LogP contribution in [0.15, 0.2) is 35.7 Å². The summed E-state index contributed by atoms with van der Waals surface area (Å²) in [6.45, 7) is 2.25. The molecule has 1 aromatic heterocycles. The van der Waals surface area contributed by atoms with Crippen LogP contribution in [0.3, 0.4) is 0 Å². The van der Waals surface area contributed by atoms with Crippen molar-refractivity contribution in [1.29, 1.82) is 0 Å². The average molecular weight is 265 g/mol. The summed E-state index contributed by atoms with van der Waals surface area (Å²) in [6, 6.07) is 10.2. The van der Waals surface area contributed by atoms with Crippen molar-refractivity contribution < 1.29 is 5.11 Å². The predicted molar refractivity (Wildman–Crippen MR) is 75.4 cm³/mol. The predicted octanol–water partition coefficient (Wildman–Crippen LogP) is 3.42. The van der Waals surface area contributed by atoms with Crippen molar-refractivity contribution in [2.45, 2.75) is 17.9 Å². The van der Waals surface area contributed by atoms with E-state index in [1.54, 1.807) is 23.1 Å². The van der Waals surface area contributed by atoms with Crippen LogP contribution < -0.4 is 0 Å². The van der Waals surface area contributed by atoms with Crippen LogP contribution in [0.2, 0.25) is 0 Å². The van der Waals surface area contributed by atoms with Gasteiger partial charge in [-0.05, 0) is 0 Å². The Balaban J connectivity index is 2.01. The van der Waals surface area contributed by atoms with Crippen molar-refractivity contribution >= 4 is 23.1 Å². The topological polar surface area (TPSA) is 33.1 Å². The maximum atomic E-state index is 8.96. The van der Waals surface area contributed by atoms with Gasteiger partial charge in [0.25, 0.3) is 0 Å². The molecule has 2 nitrogen and oxygen atoms in total. The Morgan fingerprint density at radius 1 is 1.35 bits per heavy atom. The van der Waals surface area contributed by atoms with Crippen LogP contribution >= 0.6 is 23.1 Å². The molecule has 1 heterocycles. The van der Waals surface area contributed by atoms with E-state index >= 15 is 0 Å². The van der Waals surface area contributed by atoms with Crippen molar-refractivity contribution in [3.8, 4) is 10.6 Å². The van der Waals surface area contributed by atoms with Crippen LogP contribution in [-0.4, -0.2) is 21.9 Å². The largest absolute Gasteiger partial charge is 0.395 e. The number of aliphatic hydroxyl groups excluding tert-OH is 1. The van der Waals surface area contributed by atoms with E-state index in [2.05, 4.69) is 22.5 Å². The van der Waals surface area contributed by atoms with E-state index in [4.69, 9.17) is 5.11 Å². The highest BCUT2D eigenvalue weighted by Gasteiger charge is 2.06. The molecule has 0 spiro atoms. The lowest BCUT2D eigenvalue weighted by Crippen LogP contribution is -2.02. The number of hydrogen-bond acceptors (Lipinski definition) is 4. The summed E-state index contributed by atoms with van der Waals surface area (Å²) in [6.07, 6.45) is 0. The summed E-state index contributed by atoms with van der Waals surface area (Å²) in [5.74, 6) is 0.866. The van der Waals surface area contributed by atoms with Crippen molar-refractivity contribution in [2.75, 3.05) is 6.61 Å². The zero-order valence-corrected chi connectivity index (χ0v) is 11.3. The lowest BCUT2D eigenvalue weighted by molar-refractivity contribution is 0.300. The van der Waals surface area contributed by atoms with Gasteiger partial charge in [0.2, 0.25) is 0 Å². The van der Waals surface area contributed by atoms with Gasteiger partial charge in [-0.3, -0.25) is 0 Å². The molecule has 0 amide bonds. The Hall–Kier alpha value is -0.840. The minimum atomic E-state index is 0.223. The maximum absolute atomic E-state index is 8.96. The molecule has 0 fully saturated rings. The summed E-state index contributed by atoms with van der Waals surface area (Å²) in [4.78, 5) is 4.60. The van der Waals surface area contributed by atoms with Crippen molar-refractivity contribution in [3.63, 3.8) is 0 Å². The molecule has 0 aliphatic heterocycles. The lowest BCUT2D eigenvalue weighted by Gasteiger charge is -2.04. The number of benzene rings is 1. The highest BCUT2D eigenvalue weighted by atomic mass is 32.2. The van der Waals surface area contributed by atoms with Gasteiger partial charge in [-0.1, -0.05) is 37.3 Å². The summed E-state index contributed by atoms with van der Waals surface area (Å²) < 4.78 is 0. The monoisotopic (exact) mass is 265 g/mol. The van der Waals surface area contributed by atoms with Gasteiger partial charge in [0, 0.05) is 21.9 Å². The first-order valence-electron chi connectivity index (χ1n) is 5.52. The number of nitrogens with zero attached hydrogens (tertiary/aromatic N) is 1. The van der Waals surface area contributed by atoms with Gasteiger partial charge in [-0.15, -0.1) is 11.3 Å². The van der Waals surface area contributed by atoms with Gasteiger partial charge in [0.15, 0.2) is 0 Å². The van der Waals surface area contributed by atoms with Gasteiger partial charge < -0.3 is 5.11 Å². The second-order valence-corrected chi connectivity index (χ2v) is 6.10. The van der Waals surface area contributed by atoms with Crippen molar-refractivity contribution in [2.24, 2.45) is 0 Å². The lowest BCUT2D eigenvalue weighted by atomic mass is 10.2. The third-order valence-corrected chi connectivity index (χ3v) is 4.47. The zero-order valence-electron chi connectivity index (χ0n) is 9.67. The third-order valence-electron chi connectivity index (χ3n) is 2.35. The molecule has 1 unspecified atom stereocenters. The fourth-order valence-corrected chi connectivity index (χ4v) is 3.01. The van der Waals surface area contributed by atoms with E-state index in [9.17, 15) is 0 Å². The van der Waals surface area contributed by atoms with E-state index < -0.39 is 0 Å². The Kier molecular flexibility index (Phi) is 4.59. The van der Waals surface area contributed by atoms with Gasteiger partial charge in [0.1, 0.15) is 5.01 Å². The summed E-state index contributed by atoms with van der Waals surface area (Å²) >= 11 is 3.41. The van der Waals surface area contributed by atoms with E-state index in [0.29, 0.717) is 0 Å². The van der Waals surface area contributed by atoms with Gasteiger partial charge in [-0.25, -0.2) is 4.98 Å². The molecule has 0 saturated carbocycles. The van der Waals surface area contributed by atoms with Gasteiger partial charge >= 0.3 is 0 Å². The second-order valence-electron chi connectivity index (χ2n) is 3.81. The molecule has 17 heavy (non-hydrogen) atoms. The van der Waals surface area contributed by atoms with Crippen LogP contribution in [0, 0.1) is 0 Å². The van der Waals surface area contributed by atoms with Gasteiger partial charge in [-0.2, -0.15) is 11.8 Å². The summed E-state index contributed by atoms with van der Waals surface area (Å²) in [7, 11) is 0. The van der Waals surface area contributed by atoms with Crippen LogP contribution in [-0.2, 0) is 5.75 Å². The van der Waals surface area contributed by atoms with Crippen LogP contribution in [0.25, 0.3) is 10.6 Å². The molecule has 1 atom stereocenters. The Morgan fingerprint density at radius 2 is 2.12 bits per heavy atom. The van der Waals surface area contributed by atoms with Crippen molar-refractivity contribution in [3.05, 3.63) is 41.4 Å². The average Bonchev–Trinajstić information content (AvgIpc) is 2.86. The molecule has 90 valence electrons. The normalized spacial score (nSPS) is 12.6. The SMILES string of the molecule is CC(CO)SCc1csc(-c2ccccc2)n1. The standard InChI is InChI=1S/C13H15NOS2/c1-10(7-15)16-8-12-9-17-13(14-12)11-5-3-2-4-6-11/h2-6,9-10,15H,7-8H2,1H3. The number of hydrogen-bond donors (Lipinski definition) is 1. The smallest absolute Gasteiger partial charge is 0.123 e. The Bertz CT molecular complexity index is 455. The molecular weight excluding hydrogens is 250 g/mol. The first-order chi connectivity index (χ1) is 8.29. The molecule has 0 aliphatic rings. The number of aliphatic hydroxyl groups is 1. The molecule has 4 heteroatoms. The van der Waals surface area contributed by atoms with E-state index in [0.717, 1.165) is 16.5 Å². The second kappa shape index (κ2) is 6.19. The number of thioether (sulfide) groups is 1. The van der Waals surface area contributed by atoms with Gasteiger partial charge in [0.05, 0.1) is 12.3 Å². The van der Waals surface area contributed by atoms with E-state index in [-0.39, 0.29) is 11.9 Å². The van der Waals surface area contributed by atoms with E-state index in [1.807, 2.05) is 25.1 Å². The quantitative estimate of drug-likeness (QED) is 0.899. The third kappa shape index (κ3) is 3.56. The summed E-state index contributed by atoms with van der Waals surface area (Å²) in [5, 5.41) is 12.4. The molecule has 1 N–H and O–H groups in total. The fourth-order valence-electron chi connectivity index (χ4n) is 1.37. The minimum Gasteiger partial charge on any atom is -0.395 e. The zero-order chi connectivity index (χ0) is 12.1. The van der Waals surface area contributed by atoms with Crippen molar-refractivity contribution in [1.82, 2.24) is 4.98 Å². The molecule has 0 bridgehead atoms. The van der Waals surface area contributed by atoms with Crippen LogP contribution in [0.4, 0.5) is 0 Å². The molecular formula is C13H15NOS2. The number of thiazole rings is 1. The maximum Gasteiger partial charge on any atom is 0.123 e. The first-order valence-corrected chi connectivity index (χ1v) is 7.44. The minimum absolute atomic E-state index is 0.223. The van der Waals surface area contributed by atoms with Crippen LogP contribution in [0.1, 0.15) is 12.6 Å². The van der Waals surface area contributed by atoms with Crippen LogP contribution in [0.5, 0.6) is 0 Å². The first kappa shape index (κ1) is 12.6. The molecule has 2 rings (SSSR count). The molecule has 0 saturated heterocycles. The molecule has 0 aliphatic carbocycles. The highest BCUT2D eigenvalue weighted by molar-refractivity contribution is 7.99.